The van der Waals surface area contributed by atoms with Crippen LogP contribution < -0.4 is 0 Å². The normalized spacial score (nSPS) is 11.6. The third kappa shape index (κ3) is 5.56. The smallest absolute Gasteiger partial charge is 0.164 e. The van der Waals surface area contributed by atoms with Crippen molar-refractivity contribution in [1.82, 2.24) is 15.0 Å². The minimum atomic E-state index is 0.601. The molecule has 0 radical (unpaired) electrons. The molecule has 56 heavy (non-hydrogen) atoms. The molecule has 11 rings (SSSR count). The number of aromatic nitrogens is 3. The number of benzene rings is 8. The minimum absolute atomic E-state index is 0.601. The summed E-state index contributed by atoms with van der Waals surface area (Å²) in [5.41, 5.74) is 11.5. The van der Waals surface area contributed by atoms with Crippen LogP contribution in [-0.2, 0) is 0 Å². The number of rotatable bonds is 6. The molecule has 0 atom stereocenters. The summed E-state index contributed by atoms with van der Waals surface area (Å²) in [6, 6.07) is 65.8. The Balaban J connectivity index is 1.11. The summed E-state index contributed by atoms with van der Waals surface area (Å²) in [7, 11) is 0. The van der Waals surface area contributed by atoms with Gasteiger partial charge in [0.05, 0.1) is 0 Å². The van der Waals surface area contributed by atoms with E-state index in [9.17, 15) is 0 Å². The van der Waals surface area contributed by atoms with E-state index in [-0.39, 0.29) is 0 Å². The van der Waals surface area contributed by atoms with Gasteiger partial charge in [-0.1, -0.05) is 152 Å². The van der Waals surface area contributed by atoms with Crippen LogP contribution in [0.1, 0.15) is 0 Å². The number of furan rings is 1. The summed E-state index contributed by atoms with van der Waals surface area (Å²) in [5.74, 6) is 1.85. The van der Waals surface area contributed by atoms with Gasteiger partial charge in [0.2, 0.25) is 0 Å². The Morgan fingerprint density at radius 1 is 0.339 bits per heavy atom. The fourth-order valence-corrected chi connectivity index (χ4v) is 9.02. The first-order chi connectivity index (χ1) is 27.7. The van der Waals surface area contributed by atoms with Gasteiger partial charge >= 0.3 is 0 Å². The summed E-state index contributed by atoms with van der Waals surface area (Å²) >= 11 is 1.85. The zero-order chi connectivity index (χ0) is 37.0. The van der Waals surface area contributed by atoms with E-state index in [1.54, 1.807) is 0 Å². The zero-order valence-corrected chi connectivity index (χ0v) is 30.9. The summed E-state index contributed by atoms with van der Waals surface area (Å²) in [6.07, 6.45) is 0. The number of fused-ring (bicyclic) bond motifs is 6. The van der Waals surface area contributed by atoms with E-state index in [0.717, 1.165) is 44.2 Å². The molecular weight excluding hydrogens is 703 g/mol. The molecule has 3 heterocycles. The molecule has 3 aromatic heterocycles. The molecule has 5 heteroatoms. The van der Waals surface area contributed by atoms with Crippen LogP contribution in [0.2, 0.25) is 0 Å². The maximum absolute atomic E-state index is 6.54. The molecule has 0 saturated carbocycles. The molecule has 0 N–H and O–H groups in total. The highest BCUT2D eigenvalue weighted by molar-refractivity contribution is 7.26. The molecule has 0 aliphatic heterocycles. The van der Waals surface area contributed by atoms with Crippen LogP contribution in [0.5, 0.6) is 0 Å². The van der Waals surface area contributed by atoms with Crippen molar-refractivity contribution in [3.8, 4) is 67.5 Å². The quantitative estimate of drug-likeness (QED) is 0.171. The molecule has 0 aliphatic carbocycles. The first-order valence-corrected chi connectivity index (χ1v) is 19.5. The largest absolute Gasteiger partial charge is 0.456 e. The zero-order valence-electron chi connectivity index (χ0n) is 30.1. The molecule has 0 amide bonds. The Bertz CT molecular complexity index is 3170. The van der Waals surface area contributed by atoms with Crippen molar-refractivity contribution < 1.29 is 4.42 Å². The Kier molecular flexibility index (Phi) is 7.64. The number of thiophene rings is 1. The van der Waals surface area contributed by atoms with Crippen LogP contribution in [0.4, 0.5) is 0 Å². The standard InChI is InChI=1S/C51H31N3OS/c1-4-13-32(14-5-1)33-23-25-34(26-24-33)38-30-41(48-42(31-38)39-19-10-11-22-46(39)56-48)37-27-28-44-43(29-37)47-40(20-12-21-45(47)55-44)51-53-49(35-15-6-2-7-16-35)52-50(54-51)36-17-8-3-9-18-36/h1-31H. The van der Waals surface area contributed by atoms with E-state index in [2.05, 4.69) is 115 Å². The summed E-state index contributed by atoms with van der Waals surface area (Å²) < 4.78 is 9.08. The van der Waals surface area contributed by atoms with Gasteiger partial charge < -0.3 is 4.42 Å². The van der Waals surface area contributed by atoms with Crippen molar-refractivity contribution in [3.63, 3.8) is 0 Å². The molecule has 0 spiro atoms. The molecule has 11 aromatic rings. The Labute approximate surface area is 327 Å². The predicted octanol–water partition coefficient (Wildman–Crippen LogP) is 14.1. The molecule has 0 unspecified atom stereocenters. The SMILES string of the molecule is c1ccc(-c2ccc(-c3cc(-c4ccc5oc6cccc(-c7nc(-c8ccccc8)nc(-c8ccccc8)n7)c6c5c4)c4sc5ccccc5c4c3)cc2)cc1. The van der Waals surface area contributed by atoms with Crippen molar-refractivity contribution in [3.05, 3.63) is 188 Å². The van der Waals surface area contributed by atoms with E-state index in [1.165, 1.54) is 48.0 Å². The van der Waals surface area contributed by atoms with Crippen molar-refractivity contribution in [2.75, 3.05) is 0 Å². The number of hydrogen-bond donors (Lipinski definition) is 0. The Morgan fingerprint density at radius 3 is 1.59 bits per heavy atom. The van der Waals surface area contributed by atoms with Gasteiger partial charge in [0.25, 0.3) is 0 Å². The fraction of sp³-hybridized carbons (Fsp3) is 0. The van der Waals surface area contributed by atoms with E-state index >= 15 is 0 Å². The van der Waals surface area contributed by atoms with E-state index in [4.69, 9.17) is 19.4 Å². The third-order valence-electron chi connectivity index (χ3n) is 10.5. The molecule has 0 bridgehead atoms. The third-order valence-corrected chi connectivity index (χ3v) is 11.8. The molecule has 0 fully saturated rings. The second kappa shape index (κ2) is 13.3. The van der Waals surface area contributed by atoms with Crippen molar-refractivity contribution >= 4 is 53.4 Å². The first-order valence-electron chi connectivity index (χ1n) is 18.7. The molecule has 8 aromatic carbocycles. The van der Waals surface area contributed by atoms with Gasteiger partial charge in [0.15, 0.2) is 17.5 Å². The fourth-order valence-electron chi connectivity index (χ4n) is 7.80. The summed E-state index contributed by atoms with van der Waals surface area (Å²) in [5, 5.41) is 4.53. The topological polar surface area (TPSA) is 51.8 Å². The summed E-state index contributed by atoms with van der Waals surface area (Å²) in [6.45, 7) is 0. The highest BCUT2D eigenvalue weighted by atomic mass is 32.1. The molecule has 262 valence electrons. The van der Waals surface area contributed by atoms with E-state index in [1.807, 2.05) is 84.1 Å². The van der Waals surface area contributed by atoms with Crippen LogP contribution in [0, 0.1) is 0 Å². The van der Waals surface area contributed by atoms with Gasteiger partial charge in [-0.25, -0.2) is 15.0 Å². The lowest BCUT2D eigenvalue weighted by Gasteiger charge is -2.11. The average Bonchev–Trinajstić information content (AvgIpc) is 3.85. The van der Waals surface area contributed by atoms with Crippen molar-refractivity contribution in [2.24, 2.45) is 0 Å². The molecule has 0 aliphatic rings. The molecule has 0 saturated heterocycles. The maximum Gasteiger partial charge on any atom is 0.164 e. The van der Waals surface area contributed by atoms with Gasteiger partial charge in [-0.05, 0) is 64.2 Å². The lowest BCUT2D eigenvalue weighted by molar-refractivity contribution is 0.669. The molecular formula is C51H31N3OS. The Hall–Kier alpha value is -7.21. The highest BCUT2D eigenvalue weighted by Gasteiger charge is 2.20. The van der Waals surface area contributed by atoms with Gasteiger partial charge in [0.1, 0.15) is 11.2 Å². The van der Waals surface area contributed by atoms with Crippen molar-refractivity contribution in [1.29, 1.82) is 0 Å². The monoisotopic (exact) mass is 733 g/mol. The van der Waals surface area contributed by atoms with E-state index in [0.29, 0.717) is 17.5 Å². The minimum Gasteiger partial charge on any atom is -0.456 e. The number of nitrogens with zero attached hydrogens (tertiary/aromatic N) is 3. The molecule has 4 nitrogen and oxygen atoms in total. The van der Waals surface area contributed by atoms with Gasteiger partial charge in [0, 0.05) is 53.2 Å². The second-order valence-corrected chi connectivity index (χ2v) is 15.0. The van der Waals surface area contributed by atoms with Crippen LogP contribution in [0.3, 0.4) is 0 Å². The predicted molar refractivity (Wildman–Crippen MR) is 233 cm³/mol. The summed E-state index contributed by atoms with van der Waals surface area (Å²) in [4.78, 5) is 15.1. The maximum atomic E-state index is 6.54. The first kappa shape index (κ1) is 32.2. The van der Waals surface area contributed by atoms with Gasteiger partial charge in [-0.2, -0.15) is 0 Å². The number of hydrogen-bond acceptors (Lipinski definition) is 5. The van der Waals surface area contributed by atoms with Gasteiger partial charge in [-0.15, -0.1) is 11.3 Å². The van der Waals surface area contributed by atoms with Crippen LogP contribution in [-0.4, -0.2) is 15.0 Å². The van der Waals surface area contributed by atoms with Crippen molar-refractivity contribution in [2.45, 2.75) is 0 Å². The highest BCUT2D eigenvalue weighted by Crippen LogP contribution is 2.45. The lowest BCUT2D eigenvalue weighted by Crippen LogP contribution is -2.00. The lowest BCUT2D eigenvalue weighted by atomic mass is 9.94. The second-order valence-electron chi connectivity index (χ2n) is 14.0. The van der Waals surface area contributed by atoms with Crippen LogP contribution >= 0.6 is 11.3 Å². The van der Waals surface area contributed by atoms with Crippen LogP contribution in [0.25, 0.3) is 110 Å². The average molecular weight is 734 g/mol. The Morgan fingerprint density at radius 2 is 0.893 bits per heavy atom. The van der Waals surface area contributed by atoms with Crippen LogP contribution in [0.15, 0.2) is 192 Å². The van der Waals surface area contributed by atoms with Gasteiger partial charge in [-0.3, -0.25) is 0 Å². The van der Waals surface area contributed by atoms with E-state index < -0.39 is 0 Å².